The lowest BCUT2D eigenvalue weighted by molar-refractivity contribution is 0.386. The molecule has 0 saturated heterocycles. The summed E-state index contributed by atoms with van der Waals surface area (Å²) in [6.07, 6.45) is 0. The van der Waals surface area contributed by atoms with Crippen LogP contribution >= 0.6 is 0 Å². The van der Waals surface area contributed by atoms with E-state index in [9.17, 15) is 13.5 Å². The van der Waals surface area contributed by atoms with Gasteiger partial charge in [0.25, 0.3) is 0 Å². The van der Waals surface area contributed by atoms with E-state index in [1.54, 1.807) is 24.3 Å². The van der Waals surface area contributed by atoms with Gasteiger partial charge in [0, 0.05) is 11.6 Å². The number of hydrogen-bond donors (Lipinski definition) is 2. The van der Waals surface area contributed by atoms with Crippen molar-refractivity contribution in [3.8, 4) is 22.6 Å². The normalized spacial score (nSPS) is 11.2. The fraction of sp³-hybridized carbons (Fsp3) is 0. The Balaban J connectivity index is 2.54. The Morgan fingerprint density at radius 3 is 2.28 bits per heavy atom. The highest BCUT2D eigenvalue weighted by Crippen LogP contribution is 2.33. The third-order valence-electron chi connectivity index (χ3n) is 2.25. The Bertz CT molecular complexity index is 649. The van der Waals surface area contributed by atoms with Crippen LogP contribution in [0.15, 0.2) is 48.5 Å². The van der Waals surface area contributed by atoms with Crippen molar-refractivity contribution in [1.29, 1.82) is 0 Å². The molecule has 0 spiro atoms. The van der Waals surface area contributed by atoms with Gasteiger partial charge in [-0.15, -0.1) is 0 Å². The summed E-state index contributed by atoms with van der Waals surface area (Å²) in [5.41, 5.74) is 1.15. The zero-order valence-electron chi connectivity index (χ0n) is 9.15. The van der Waals surface area contributed by atoms with E-state index < -0.39 is 10.4 Å². The first-order chi connectivity index (χ1) is 8.46. The van der Waals surface area contributed by atoms with Crippen molar-refractivity contribution >= 4 is 10.4 Å². The fourth-order valence-corrected chi connectivity index (χ4v) is 1.91. The topological polar surface area (TPSA) is 83.8 Å². The zero-order valence-corrected chi connectivity index (χ0v) is 9.96. The molecule has 94 valence electrons. The summed E-state index contributed by atoms with van der Waals surface area (Å²) in [4.78, 5) is 0. The summed E-state index contributed by atoms with van der Waals surface area (Å²) in [6.45, 7) is 0. The van der Waals surface area contributed by atoms with Crippen LogP contribution in [-0.4, -0.2) is 18.1 Å². The maximum Gasteiger partial charge on any atom is 0.446 e. The molecule has 2 aromatic carbocycles. The Labute approximate surface area is 104 Å². The third-order valence-corrected chi connectivity index (χ3v) is 2.64. The molecule has 0 aliphatic rings. The van der Waals surface area contributed by atoms with E-state index in [2.05, 4.69) is 4.18 Å². The van der Waals surface area contributed by atoms with E-state index in [1.807, 2.05) is 6.07 Å². The van der Waals surface area contributed by atoms with Crippen LogP contribution in [0.1, 0.15) is 0 Å². The maximum atomic E-state index is 10.7. The standard InChI is InChI=1S/C12H10O5S/c13-10-6-7-11(9-4-2-1-3-5-9)12(8-10)17-18(14,15)16/h1-8,13H,(H,14,15,16). The number of rotatable bonds is 3. The van der Waals surface area contributed by atoms with E-state index in [-0.39, 0.29) is 11.5 Å². The largest absolute Gasteiger partial charge is 0.508 e. The zero-order chi connectivity index (χ0) is 13.2. The SMILES string of the molecule is O=S(=O)(O)Oc1cc(O)ccc1-c1ccccc1. The highest BCUT2D eigenvalue weighted by molar-refractivity contribution is 7.81. The van der Waals surface area contributed by atoms with E-state index in [0.717, 1.165) is 6.07 Å². The van der Waals surface area contributed by atoms with Crippen LogP contribution in [0.4, 0.5) is 0 Å². The summed E-state index contributed by atoms with van der Waals surface area (Å²) < 4.78 is 34.6. The molecule has 0 atom stereocenters. The molecule has 0 bridgehead atoms. The average molecular weight is 266 g/mol. The van der Waals surface area contributed by atoms with Crippen LogP contribution in [0.3, 0.4) is 0 Å². The van der Waals surface area contributed by atoms with Gasteiger partial charge >= 0.3 is 10.4 Å². The minimum atomic E-state index is -4.64. The quantitative estimate of drug-likeness (QED) is 0.832. The van der Waals surface area contributed by atoms with Gasteiger partial charge in [0.05, 0.1) is 0 Å². The molecule has 2 rings (SSSR count). The molecule has 0 aliphatic carbocycles. The van der Waals surface area contributed by atoms with Gasteiger partial charge in [0.15, 0.2) is 5.75 Å². The molecular weight excluding hydrogens is 256 g/mol. The van der Waals surface area contributed by atoms with Gasteiger partial charge in [-0.05, 0) is 17.7 Å². The summed E-state index contributed by atoms with van der Waals surface area (Å²) >= 11 is 0. The highest BCUT2D eigenvalue weighted by atomic mass is 32.3. The maximum absolute atomic E-state index is 10.7. The van der Waals surface area contributed by atoms with Crippen molar-refractivity contribution in [3.05, 3.63) is 48.5 Å². The Kier molecular flexibility index (Phi) is 3.22. The van der Waals surface area contributed by atoms with Crippen LogP contribution in [0.25, 0.3) is 11.1 Å². The predicted molar refractivity (Wildman–Crippen MR) is 65.7 cm³/mol. The molecule has 2 aromatic rings. The number of aromatic hydroxyl groups is 1. The van der Waals surface area contributed by atoms with Gasteiger partial charge in [-0.25, -0.2) is 0 Å². The molecule has 0 unspecified atom stereocenters. The van der Waals surface area contributed by atoms with Crippen LogP contribution in [-0.2, 0) is 10.4 Å². The van der Waals surface area contributed by atoms with Gasteiger partial charge in [-0.2, -0.15) is 8.42 Å². The van der Waals surface area contributed by atoms with Gasteiger partial charge in [0.1, 0.15) is 5.75 Å². The number of benzene rings is 2. The lowest BCUT2D eigenvalue weighted by Gasteiger charge is -2.09. The Morgan fingerprint density at radius 1 is 1.00 bits per heavy atom. The molecule has 0 heterocycles. The molecular formula is C12H10O5S. The second kappa shape index (κ2) is 4.67. The predicted octanol–water partition coefficient (Wildman–Crippen LogP) is 2.24. The Morgan fingerprint density at radius 2 is 1.67 bits per heavy atom. The first-order valence-electron chi connectivity index (χ1n) is 5.01. The monoisotopic (exact) mass is 266 g/mol. The second-order valence-corrected chi connectivity index (χ2v) is 4.58. The summed E-state index contributed by atoms with van der Waals surface area (Å²) in [5.74, 6) is -0.294. The molecule has 0 radical (unpaired) electrons. The number of hydrogen-bond acceptors (Lipinski definition) is 4. The summed E-state index contributed by atoms with van der Waals surface area (Å²) in [5, 5.41) is 9.32. The van der Waals surface area contributed by atoms with Gasteiger partial charge < -0.3 is 9.29 Å². The average Bonchev–Trinajstić information content (AvgIpc) is 2.28. The van der Waals surface area contributed by atoms with E-state index in [4.69, 9.17) is 4.55 Å². The molecule has 0 aliphatic heterocycles. The van der Waals surface area contributed by atoms with Gasteiger partial charge in [-0.1, -0.05) is 30.3 Å². The van der Waals surface area contributed by atoms with E-state index in [0.29, 0.717) is 11.1 Å². The van der Waals surface area contributed by atoms with E-state index in [1.165, 1.54) is 12.1 Å². The van der Waals surface area contributed by atoms with Crippen molar-refractivity contribution in [2.24, 2.45) is 0 Å². The first-order valence-corrected chi connectivity index (χ1v) is 6.37. The Hall–Kier alpha value is -2.05. The minimum Gasteiger partial charge on any atom is -0.508 e. The van der Waals surface area contributed by atoms with Crippen LogP contribution in [0, 0.1) is 0 Å². The number of phenols is 1. The summed E-state index contributed by atoms with van der Waals surface area (Å²) in [7, 11) is -4.64. The van der Waals surface area contributed by atoms with Crippen molar-refractivity contribution in [2.75, 3.05) is 0 Å². The highest BCUT2D eigenvalue weighted by Gasteiger charge is 2.13. The van der Waals surface area contributed by atoms with E-state index >= 15 is 0 Å². The van der Waals surface area contributed by atoms with Crippen LogP contribution < -0.4 is 4.18 Å². The van der Waals surface area contributed by atoms with Crippen molar-refractivity contribution < 1.29 is 22.3 Å². The van der Waals surface area contributed by atoms with Gasteiger partial charge in [-0.3, -0.25) is 4.55 Å². The molecule has 6 heteroatoms. The fourth-order valence-electron chi connectivity index (χ4n) is 1.55. The lowest BCUT2D eigenvalue weighted by Crippen LogP contribution is -2.07. The smallest absolute Gasteiger partial charge is 0.446 e. The third kappa shape index (κ3) is 2.99. The van der Waals surface area contributed by atoms with Gasteiger partial charge in [0.2, 0.25) is 0 Å². The van der Waals surface area contributed by atoms with Crippen molar-refractivity contribution in [3.63, 3.8) is 0 Å². The summed E-state index contributed by atoms with van der Waals surface area (Å²) in [6, 6.07) is 12.9. The first kappa shape index (κ1) is 12.4. The lowest BCUT2D eigenvalue weighted by atomic mass is 10.0. The van der Waals surface area contributed by atoms with Crippen molar-refractivity contribution in [1.82, 2.24) is 0 Å². The molecule has 0 aromatic heterocycles. The molecule has 0 saturated carbocycles. The number of phenolic OH excluding ortho intramolecular Hbond substituents is 1. The molecule has 2 N–H and O–H groups in total. The van der Waals surface area contributed by atoms with Crippen LogP contribution in [0.5, 0.6) is 11.5 Å². The minimum absolute atomic E-state index is 0.135. The second-order valence-electron chi connectivity index (χ2n) is 3.56. The molecule has 0 fully saturated rings. The van der Waals surface area contributed by atoms with Crippen LogP contribution in [0.2, 0.25) is 0 Å². The molecule has 18 heavy (non-hydrogen) atoms. The van der Waals surface area contributed by atoms with Crippen molar-refractivity contribution in [2.45, 2.75) is 0 Å². The molecule has 5 nitrogen and oxygen atoms in total. The molecule has 0 amide bonds.